The normalized spacial score (nSPS) is 11.4. The Morgan fingerprint density at radius 3 is 2.79 bits per heavy atom. The molecule has 0 spiro atoms. The summed E-state index contributed by atoms with van der Waals surface area (Å²) in [6.07, 6.45) is 2.86. The van der Waals surface area contributed by atoms with Crippen molar-refractivity contribution in [3.63, 3.8) is 0 Å². The van der Waals surface area contributed by atoms with E-state index in [0.717, 1.165) is 23.6 Å². The number of ether oxygens (including phenoxy) is 1. The molecule has 0 atom stereocenters. The van der Waals surface area contributed by atoms with Crippen LogP contribution >= 0.6 is 11.3 Å². The SMILES string of the molecule is CCc1cnc(CNC(=NC)NCCOc2ccc(F)c(F)c2)s1. The number of hydrogen-bond acceptors (Lipinski definition) is 4. The molecule has 2 rings (SSSR count). The molecule has 1 aromatic heterocycles. The summed E-state index contributed by atoms with van der Waals surface area (Å²) in [4.78, 5) is 9.68. The van der Waals surface area contributed by atoms with Crippen LogP contribution in [0.1, 0.15) is 16.8 Å². The molecule has 1 heterocycles. The van der Waals surface area contributed by atoms with Gasteiger partial charge in [0.1, 0.15) is 17.4 Å². The molecule has 8 heteroatoms. The molecule has 0 aliphatic heterocycles. The summed E-state index contributed by atoms with van der Waals surface area (Å²) in [7, 11) is 1.67. The van der Waals surface area contributed by atoms with Gasteiger partial charge in [0, 0.05) is 24.2 Å². The fourth-order valence-electron chi connectivity index (χ4n) is 1.88. The minimum absolute atomic E-state index is 0.286. The van der Waals surface area contributed by atoms with Gasteiger partial charge in [-0.1, -0.05) is 6.92 Å². The van der Waals surface area contributed by atoms with Gasteiger partial charge in [-0.3, -0.25) is 4.99 Å². The van der Waals surface area contributed by atoms with Gasteiger partial charge in [0.2, 0.25) is 0 Å². The monoisotopic (exact) mass is 354 g/mol. The summed E-state index contributed by atoms with van der Waals surface area (Å²) in [5.74, 6) is -0.906. The molecule has 0 amide bonds. The molecule has 2 aromatic rings. The van der Waals surface area contributed by atoms with Crippen LogP contribution in [0.5, 0.6) is 5.75 Å². The fourth-order valence-corrected chi connectivity index (χ4v) is 2.68. The van der Waals surface area contributed by atoms with E-state index in [0.29, 0.717) is 25.7 Å². The van der Waals surface area contributed by atoms with Gasteiger partial charge in [-0.2, -0.15) is 0 Å². The zero-order chi connectivity index (χ0) is 17.4. The number of aromatic nitrogens is 1. The Bertz CT molecular complexity index is 690. The second kappa shape index (κ2) is 9.17. The van der Waals surface area contributed by atoms with Crippen LogP contribution in [0.3, 0.4) is 0 Å². The van der Waals surface area contributed by atoms with Crippen molar-refractivity contribution in [1.29, 1.82) is 0 Å². The highest BCUT2D eigenvalue weighted by atomic mass is 32.1. The van der Waals surface area contributed by atoms with Crippen molar-refractivity contribution in [2.24, 2.45) is 4.99 Å². The van der Waals surface area contributed by atoms with E-state index in [2.05, 4.69) is 27.5 Å². The Labute approximate surface area is 143 Å². The third-order valence-corrected chi connectivity index (χ3v) is 4.28. The second-order valence-electron chi connectivity index (χ2n) is 4.85. The van der Waals surface area contributed by atoms with E-state index in [-0.39, 0.29) is 5.75 Å². The highest BCUT2D eigenvalue weighted by molar-refractivity contribution is 7.11. The third kappa shape index (κ3) is 5.45. The number of thiazole rings is 1. The maximum Gasteiger partial charge on any atom is 0.191 e. The number of halogens is 2. The lowest BCUT2D eigenvalue weighted by molar-refractivity contribution is 0.318. The predicted molar refractivity (Wildman–Crippen MR) is 91.5 cm³/mol. The Morgan fingerprint density at radius 1 is 1.29 bits per heavy atom. The molecule has 0 radical (unpaired) electrons. The number of rotatable bonds is 7. The van der Waals surface area contributed by atoms with Gasteiger partial charge < -0.3 is 15.4 Å². The molecule has 0 bridgehead atoms. The quantitative estimate of drug-likeness (QED) is 0.456. The summed E-state index contributed by atoms with van der Waals surface area (Å²) in [6.45, 7) is 3.45. The Hall–Kier alpha value is -2.22. The lowest BCUT2D eigenvalue weighted by Crippen LogP contribution is -2.38. The third-order valence-electron chi connectivity index (χ3n) is 3.13. The minimum Gasteiger partial charge on any atom is -0.492 e. The second-order valence-corrected chi connectivity index (χ2v) is 6.05. The van der Waals surface area contributed by atoms with Crippen molar-refractivity contribution in [1.82, 2.24) is 15.6 Å². The first-order chi connectivity index (χ1) is 11.6. The van der Waals surface area contributed by atoms with Crippen molar-refractivity contribution in [2.45, 2.75) is 19.9 Å². The average molecular weight is 354 g/mol. The summed E-state index contributed by atoms with van der Waals surface area (Å²) in [5.41, 5.74) is 0. The molecular formula is C16H20F2N4OS. The molecule has 0 unspecified atom stereocenters. The number of aliphatic imine (C=N–C) groups is 1. The summed E-state index contributed by atoms with van der Waals surface area (Å²) >= 11 is 1.67. The van der Waals surface area contributed by atoms with E-state index in [1.165, 1.54) is 10.9 Å². The molecule has 24 heavy (non-hydrogen) atoms. The molecule has 1 aromatic carbocycles. The fraction of sp³-hybridized carbons (Fsp3) is 0.375. The van der Waals surface area contributed by atoms with Gasteiger partial charge >= 0.3 is 0 Å². The maximum atomic E-state index is 13.1. The zero-order valence-electron chi connectivity index (χ0n) is 13.6. The van der Waals surface area contributed by atoms with E-state index in [1.54, 1.807) is 18.4 Å². The molecular weight excluding hydrogens is 334 g/mol. The molecule has 2 N–H and O–H groups in total. The first-order valence-corrected chi connectivity index (χ1v) is 8.40. The van der Waals surface area contributed by atoms with Crippen LogP contribution in [0.25, 0.3) is 0 Å². The molecule has 5 nitrogen and oxygen atoms in total. The zero-order valence-corrected chi connectivity index (χ0v) is 14.4. The van der Waals surface area contributed by atoms with E-state index in [9.17, 15) is 8.78 Å². The minimum atomic E-state index is -0.923. The Morgan fingerprint density at radius 2 is 2.12 bits per heavy atom. The van der Waals surface area contributed by atoms with Crippen LogP contribution in [0.15, 0.2) is 29.4 Å². The topological polar surface area (TPSA) is 58.5 Å². The Balaban J connectivity index is 1.70. The van der Waals surface area contributed by atoms with Gasteiger partial charge in [-0.05, 0) is 18.6 Å². The highest BCUT2D eigenvalue weighted by Gasteiger charge is 2.04. The van der Waals surface area contributed by atoms with E-state index < -0.39 is 11.6 Å². The summed E-state index contributed by atoms with van der Waals surface area (Å²) < 4.78 is 31.2. The smallest absolute Gasteiger partial charge is 0.191 e. The highest BCUT2D eigenvalue weighted by Crippen LogP contribution is 2.15. The molecule has 0 saturated heterocycles. The molecule has 0 saturated carbocycles. The predicted octanol–water partition coefficient (Wildman–Crippen LogP) is 2.73. The number of nitrogens with one attached hydrogen (secondary N) is 2. The first-order valence-electron chi connectivity index (χ1n) is 7.58. The van der Waals surface area contributed by atoms with Gasteiger partial charge in [-0.25, -0.2) is 13.8 Å². The first kappa shape index (κ1) is 18.1. The molecule has 0 aliphatic rings. The van der Waals surface area contributed by atoms with Crippen LogP contribution in [0, 0.1) is 11.6 Å². The van der Waals surface area contributed by atoms with E-state index in [4.69, 9.17) is 4.74 Å². The van der Waals surface area contributed by atoms with Gasteiger partial charge in [-0.15, -0.1) is 11.3 Å². The molecule has 0 aliphatic carbocycles. The van der Waals surface area contributed by atoms with E-state index in [1.807, 2.05) is 6.20 Å². The largest absolute Gasteiger partial charge is 0.492 e. The summed E-state index contributed by atoms with van der Waals surface area (Å²) in [6, 6.07) is 3.45. The number of guanidine groups is 1. The number of benzene rings is 1. The number of aryl methyl sites for hydroxylation is 1. The van der Waals surface area contributed by atoms with Crippen LogP contribution < -0.4 is 15.4 Å². The maximum absolute atomic E-state index is 13.1. The van der Waals surface area contributed by atoms with Gasteiger partial charge in [0.05, 0.1) is 13.1 Å². The van der Waals surface area contributed by atoms with Crippen molar-refractivity contribution in [2.75, 3.05) is 20.2 Å². The number of nitrogens with zero attached hydrogens (tertiary/aromatic N) is 2. The van der Waals surface area contributed by atoms with Crippen molar-refractivity contribution in [3.05, 3.63) is 45.9 Å². The average Bonchev–Trinajstić information content (AvgIpc) is 3.05. The van der Waals surface area contributed by atoms with Crippen LogP contribution in [-0.4, -0.2) is 31.1 Å². The van der Waals surface area contributed by atoms with Crippen LogP contribution in [-0.2, 0) is 13.0 Å². The lowest BCUT2D eigenvalue weighted by atomic mass is 10.3. The van der Waals surface area contributed by atoms with E-state index >= 15 is 0 Å². The van der Waals surface area contributed by atoms with Gasteiger partial charge in [0.25, 0.3) is 0 Å². The Kier molecular flexibility index (Phi) is 6.92. The molecule has 0 fully saturated rings. The van der Waals surface area contributed by atoms with Gasteiger partial charge in [0.15, 0.2) is 17.6 Å². The number of hydrogen-bond donors (Lipinski definition) is 2. The molecule has 130 valence electrons. The summed E-state index contributed by atoms with van der Waals surface area (Å²) in [5, 5.41) is 7.23. The van der Waals surface area contributed by atoms with Crippen molar-refractivity contribution in [3.8, 4) is 5.75 Å². The van der Waals surface area contributed by atoms with Crippen LogP contribution in [0.2, 0.25) is 0 Å². The van der Waals surface area contributed by atoms with Crippen LogP contribution in [0.4, 0.5) is 8.78 Å². The standard InChI is InChI=1S/C16H20F2N4OS/c1-3-12-9-21-15(24-12)10-22-16(19-2)20-6-7-23-11-4-5-13(17)14(18)8-11/h4-5,8-9H,3,6-7,10H2,1-2H3,(H2,19,20,22). The van der Waals surface area contributed by atoms with Crippen molar-refractivity contribution >= 4 is 17.3 Å². The lowest BCUT2D eigenvalue weighted by Gasteiger charge is -2.11. The van der Waals surface area contributed by atoms with Crippen molar-refractivity contribution < 1.29 is 13.5 Å².